The van der Waals surface area contributed by atoms with E-state index in [9.17, 15) is 9.18 Å². The number of likely N-dealkylation sites (tertiary alicyclic amines) is 1. The quantitative estimate of drug-likeness (QED) is 0.702. The standard InChI is InChI=1S/C19H18FN3O2S/c1-2-14-17(20)18(22-11-21-14)25-13-7-8-23(10-13)19(24)16-9-12-5-3-4-6-15(12)26-16/h3-6,9,11,13H,2,7-8,10H2,1H3/t13-/m1/s1. The minimum atomic E-state index is -0.510. The van der Waals surface area contributed by atoms with Crippen molar-refractivity contribution in [3.63, 3.8) is 0 Å². The van der Waals surface area contributed by atoms with Crippen molar-refractivity contribution in [1.29, 1.82) is 0 Å². The molecule has 134 valence electrons. The zero-order valence-corrected chi connectivity index (χ0v) is 15.1. The maximum Gasteiger partial charge on any atom is 0.264 e. The van der Waals surface area contributed by atoms with Gasteiger partial charge in [-0.3, -0.25) is 4.79 Å². The van der Waals surface area contributed by atoms with Gasteiger partial charge in [-0.05, 0) is 23.9 Å². The molecular formula is C19H18FN3O2S. The van der Waals surface area contributed by atoms with Gasteiger partial charge in [-0.25, -0.2) is 4.98 Å². The summed E-state index contributed by atoms with van der Waals surface area (Å²) < 4.78 is 21.0. The van der Waals surface area contributed by atoms with Crippen LogP contribution in [0.3, 0.4) is 0 Å². The smallest absolute Gasteiger partial charge is 0.264 e. The molecule has 1 aliphatic rings. The van der Waals surface area contributed by atoms with Crippen LogP contribution in [0.4, 0.5) is 4.39 Å². The monoisotopic (exact) mass is 371 g/mol. The molecule has 1 amide bonds. The minimum absolute atomic E-state index is 0.00490. The van der Waals surface area contributed by atoms with E-state index >= 15 is 0 Å². The number of thiophene rings is 1. The van der Waals surface area contributed by atoms with Crippen LogP contribution in [-0.2, 0) is 6.42 Å². The SMILES string of the molecule is CCc1ncnc(O[C@@H]2CCN(C(=O)c3cc4ccccc4s3)C2)c1F. The van der Waals surface area contributed by atoms with Crippen LogP contribution in [0.1, 0.15) is 28.7 Å². The van der Waals surface area contributed by atoms with Crippen LogP contribution >= 0.6 is 11.3 Å². The van der Waals surface area contributed by atoms with Crippen molar-refractivity contribution in [1.82, 2.24) is 14.9 Å². The van der Waals surface area contributed by atoms with Gasteiger partial charge in [0.05, 0.1) is 17.1 Å². The highest BCUT2D eigenvalue weighted by Crippen LogP contribution is 2.28. The molecule has 3 aromatic rings. The Morgan fingerprint density at radius 3 is 3.04 bits per heavy atom. The van der Waals surface area contributed by atoms with Crippen LogP contribution in [0.15, 0.2) is 36.7 Å². The van der Waals surface area contributed by atoms with E-state index < -0.39 is 5.82 Å². The number of rotatable bonds is 4. The molecule has 0 radical (unpaired) electrons. The number of carbonyl (C=O) groups excluding carboxylic acids is 1. The Balaban J connectivity index is 1.45. The summed E-state index contributed by atoms with van der Waals surface area (Å²) in [7, 11) is 0. The molecular weight excluding hydrogens is 353 g/mol. The first kappa shape index (κ1) is 16.9. The van der Waals surface area contributed by atoms with Crippen molar-refractivity contribution in [2.75, 3.05) is 13.1 Å². The molecule has 0 spiro atoms. The fourth-order valence-corrected chi connectivity index (χ4v) is 4.16. The number of amides is 1. The summed E-state index contributed by atoms with van der Waals surface area (Å²) in [5.74, 6) is -0.544. The molecule has 0 unspecified atom stereocenters. The molecule has 0 N–H and O–H groups in total. The second-order valence-corrected chi connectivity index (χ2v) is 7.31. The lowest BCUT2D eigenvalue weighted by atomic mass is 10.2. The molecule has 1 atom stereocenters. The summed E-state index contributed by atoms with van der Waals surface area (Å²) in [6, 6.07) is 9.86. The van der Waals surface area contributed by atoms with Crippen LogP contribution in [0.25, 0.3) is 10.1 Å². The lowest BCUT2D eigenvalue weighted by Crippen LogP contribution is -2.30. The third kappa shape index (κ3) is 3.14. The number of benzene rings is 1. The molecule has 1 saturated heterocycles. The predicted octanol–water partition coefficient (Wildman–Crippen LogP) is 3.69. The molecule has 26 heavy (non-hydrogen) atoms. The summed E-state index contributed by atoms with van der Waals surface area (Å²) >= 11 is 1.49. The van der Waals surface area contributed by atoms with Crippen LogP contribution in [0.5, 0.6) is 5.88 Å². The Morgan fingerprint density at radius 2 is 2.23 bits per heavy atom. The molecule has 1 aromatic carbocycles. The molecule has 7 heteroatoms. The van der Waals surface area contributed by atoms with Gasteiger partial charge in [-0.15, -0.1) is 11.3 Å². The van der Waals surface area contributed by atoms with Crippen molar-refractivity contribution in [3.05, 3.63) is 53.0 Å². The van der Waals surface area contributed by atoms with E-state index in [1.165, 1.54) is 17.7 Å². The van der Waals surface area contributed by atoms with E-state index in [2.05, 4.69) is 9.97 Å². The van der Waals surface area contributed by atoms with Crippen LogP contribution in [0.2, 0.25) is 0 Å². The summed E-state index contributed by atoms with van der Waals surface area (Å²) in [5, 5.41) is 1.07. The van der Waals surface area contributed by atoms with Crippen molar-refractivity contribution in [2.24, 2.45) is 0 Å². The maximum atomic E-state index is 14.2. The topological polar surface area (TPSA) is 55.3 Å². The summed E-state index contributed by atoms with van der Waals surface area (Å²) in [6.07, 6.45) is 2.18. The molecule has 0 aliphatic carbocycles. The lowest BCUT2D eigenvalue weighted by molar-refractivity contribution is 0.0774. The molecule has 0 saturated carbocycles. The van der Waals surface area contributed by atoms with E-state index in [0.29, 0.717) is 36.5 Å². The Bertz CT molecular complexity index is 926. The lowest BCUT2D eigenvalue weighted by Gasteiger charge is -2.16. The number of hydrogen-bond donors (Lipinski definition) is 0. The number of fused-ring (bicyclic) bond motifs is 1. The highest BCUT2D eigenvalue weighted by Gasteiger charge is 2.30. The van der Waals surface area contributed by atoms with Crippen molar-refractivity contribution in [2.45, 2.75) is 25.9 Å². The molecule has 0 bridgehead atoms. The second kappa shape index (κ2) is 6.99. The fourth-order valence-electron chi connectivity index (χ4n) is 3.13. The number of nitrogens with zero attached hydrogens (tertiary/aromatic N) is 3. The molecule has 1 aliphatic heterocycles. The Hall–Kier alpha value is -2.54. The molecule has 5 nitrogen and oxygen atoms in total. The zero-order chi connectivity index (χ0) is 18.1. The highest BCUT2D eigenvalue weighted by molar-refractivity contribution is 7.20. The zero-order valence-electron chi connectivity index (χ0n) is 14.3. The average molecular weight is 371 g/mol. The number of ether oxygens (including phenoxy) is 1. The number of hydrogen-bond acceptors (Lipinski definition) is 5. The first-order valence-electron chi connectivity index (χ1n) is 8.59. The van der Waals surface area contributed by atoms with Gasteiger partial charge < -0.3 is 9.64 Å². The predicted molar refractivity (Wildman–Crippen MR) is 98.1 cm³/mol. The third-order valence-corrected chi connectivity index (χ3v) is 5.62. The van der Waals surface area contributed by atoms with E-state index in [4.69, 9.17) is 4.74 Å². The van der Waals surface area contributed by atoms with Gasteiger partial charge in [0.2, 0.25) is 5.82 Å². The second-order valence-electron chi connectivity index (χ2n) is 6.22. The van der Waals surface area contributed by atoms with Crippen molar-refractivity contribution < 1.29 is 13.9 Å². The molecule has 4 rings (SSSR count). The highest BCUT2D eigenvalue weighted by atomic mass is 32.1. The van der Waals surface area contributed by atoms with Crippen LogP contribution in [0, 0.1) is 5.82 Å². The van der Waals surface area contributed by atoms with E-state index in [0.717, 1.165) is 10.1 Å². The summed E-state index contributed by atoms with van der Waals surface area (Å²) in [5.41, 5.74) is 0.339. The van der Waals surface area contributed by atoms with Gasteiger partial charge in [0.25, 0.3) is 11.8 Å². The van der Waals surface area contributed by atoms with E-state index in [-0.39, 0.29) is 17.9 Å². The van der Waals surface area contributed by atoms with Gasteiger partial charge >= 0.3 is 0 Å². The van der Waals surface area contributed by atoms with Crippen LogP contribution in [-0.4, -0.2) is 40.0 Å². The Morgan fingerprint density at radius 1 is 1.38 bits per heavy atom. The number of aromatic nitrogens is 2. The van der Waals surface area contributed by atoms with Gasteiger partial charge in [0.15, 0.2) is 0 Å². The average Bonchev–Trinajstić information content (AvgIpc) is 3.29. The largest absolute Gasteiger partial charge is 0.470 e. The van der Waals surface area contributed by atoms with Crippen molar-refractivity contribution >= 4 is 27.3 Å². The van der Waals surface area contributed by atoms with Gasteiger partial charge in [0, 0.05) is 17.7 Å². The Kier molecular flexibility index (Phi) is 4.55. The first-order chi connectivity index (χ1) is 12.7. The fraction of sp³-hybridized carbons (Fsp3) is 0.316. The van der Waals surface area contributed by atoms with Crippen LogP contribution < -0.4 is 4.74 Å². The van der Waals surface area contributed by atoms with E-state index in [1.54, 1.807) is 4.90 Å². The number of halogens is 1. The summed E-state index contributed by atoms with van der Waals surface area (Å²) in [6.45, 7) is 2.85. The van der Waals surface area contributed by atoms with Crippen molar-refractivity contribution in [3.8, 4) is 5.88 Å². The van der Waals surface area contributed by atoms with Gasteiger partial charge in [-0.2, -0.15) is 9.37 Å². The Labute approximate surface area is 154 Å². The number of aryl methyl sites for hydroxylation is 1. The normalized spacial score (nSPS) is 17.0. The molecule has 1 fully saturated rings. The third-order valence-electron chi connectivity index (χ3n) is 4.51. The minimum Gasteiger partial charge on any atom is -0.470 e. The molecule has 3 heterocycles. The van der Waals surface area contributed by atoms with Gasteiger partial charge in [0.1, 0.15) is 12.4 Å². The first-order valence-corrected chi connectivity index (χ1v) is 9.41. The number of carbonyl (C=O) groups is 1. The van der Waals surface area contributed by atoms with Gasteiger partial charge in [-0.1, -0.05) is 25.1 Å². The maximum absolute atomic E-state index is 14.2. The summed E-state index contributed by atoms with van der Waals surface area (Å²) in [4.78, 5) is 23.0. The van der Waals surface area contributed by atoms with E-state index in [1.807, 2.05) is 37.3 Å². The molecule has 2 aromatic heterocycles.